The molecule has 18 heavy (non-hydrogen) atoms. The Labute approximate surface area is 106 Å². The van der Waals surface area contributed by atoms with Crippen molar-refractivity contribution >= 4 is 18.2 Å². The summed E-state index contributed by atoms with van der Waals surface area (Å²) in [7, 11) is 0. The molecule has 0 aliphatic rings. The van der Waals surface area contributed by atoms with Crippen LogP contribution in [-0.4, -0.2) is 31.0 Å². The quantitative estimate of drug-likeness (QED) is 0.337. The van der Waals surface area contributed by atoms with Crippen LogP contribution in [0.3, 0.4) is 0 Å². The minimum atomic E-state index is -0.848. The van der Waals surface area contributed by atoms with Crippen molar-refractivity contribution in [3.8, 4) is 0 Å². The standard InChI is InChI=1S/C12H17N3O3/c1-2-3-4-5-6-11(7-13-8-16)12(14-9-17)15-10-18/h11-12H,2-7H2,1H3. The van der Waals surface area contributed by atoms with Gasteiger partial charge in [-0.3, -0.25) is 0 Å². The molecule has 0 amide bonds. The third-order valence-electron chi connectivity index (χ3n) is 2.61. The SMILES string of the molecule is CCCCCCC(CN=C=O)C(N=C=O)N=C=O. The predicted molar refractivity (Wildman–Crippen MR) is 65.3 cm³/mol. The van der Waals surface area contributed by atoms with Crippen LogP contribution in [0.15, 0.2) is 15.0 Å². The summed E-state index contributed by atoms with van der Waals surface area (Å²) in [5.41, 5.74) is 0. The molecule has 0 aromatic carbocycles. The zero-order valence-electron chi connectivity index (χ0n) is 10.5. The second-order valence-electron chi connectivity index (χ2n) is 3.90. The molecule has 0 saturated carbocycles. The molecule has 0 N–H and O–H groups in total. The van der Waals surface area contributed by atoms with E-state index in [9.17, 15) is 14.4 Å². The number of unbranched alkanes of at least 4 members (excludes halogenated alkanes) is 3. The van der Waals surface area contributed by atoms with Crippen molar-refractivity contribution in [2.24, 2.45) is 20.9 Å². The minimum absolute atomic E-state index is 0.149. The van der Waals surface area contributed by atoms with Gasteiger partial charge in [0.2, 0.25) is 18.2 Å². The maximum absolute atomic E-state index is 10.3. The number of aliphatic imine (C=N–C) groups is 3. The summed E-state index contributed by atoms with van der Waals surface area (Å²) in [6, 6.07) is 0. The van der Waals surface area contributed by atoms with Crippen molar-refractivity contribution in [2.75, 3.05) is 6.54 Å². The molecule has 0 aromatic rings. The molecule has 0 aliphatic carbocycles. The van der Waals surface area contributed by atoms with E-state index in [2.05, 4.69) is 21.9 Å². The van der Waals surface area contributed by atoms with Crippen LogP contribution in [0.2, 0.25) is 0 Å². The van der Waals surface area contributed by atoms with Crippen LogP contribution >= 0.6 is 0 Å². The van der Waals surface area contributed by atoms with E-state index in [1.165, 1.54) is 18.2 Å². The zero-order valence-corrected chi connectivity index (χ0v) is 10.5. The van der Waals surface area contributed by atoms with Gasteiger partial charge < -0.3 is 0 Å². The first-order valence-electron chi connectivity index (χ1n) is 5.97. The molecule has 0 aromatic heterocycles. The molecule has 0 radical (unpaired) electrons. The highest BCUT2D eigenvalue weighted by Gasteiger charge is 2.20. The third kappa shape index (κ3) is 7.42. The van der Waals surface area contributed by atoms with Gasteiger partial charge in [0, 0.05) is 5.92 Å². The van der Waals surface area contributed by atoms with Crippen molar-refractivity contribution in [2.45, 2.75) is 45.2 Å². The van der Waals surface area contributed by atoms with E-state index >= 15 is 0 Å². The lowest BCUT2D eigenvalue weighted by atomic mass is 9.98. The van der Waals surface area contributed by atoms with Crippen molar-refractivity contribution < 1.29 is 14.4 Å². The lowest BCUT2D eigenvalue weighted by Gasteiger charge is -2.15. The van der Waals surface area contributed by atoms with Crippen molar-refractivity contribution in [3.63, 3.8) is 0 Å². The van der Waals surface area contributed by atoms with Crippen molar-refractivity contribution in [3.05, 3.63) is 0 Å². The van der Waals surface area contributed by atoms with E-state index in [0.29, 0.717) is 6.42 Å². The van der Waals surface area contributed by atoms with Crippen LogP contribution in [0.4, 0.5) is 0 Å². The summed E-state index contributed by atoms with van der Waals surface area (Å²) in [5, 5.41) is 0. The number of rotatable bonds is 10. The largest absolute Gasteiger partial charge is 0.237 e. The summed E-state index contributed by atoms with van der Waals surface area (Å²) in [5.74, 6) is -0.258. The van der Waals surface area contributed by atoms with Gasteiger partial charge in [-0.25, -0.2) is 19.4 Å². The number of nitrogens with zero attached hydrogens (tertiary/aromatic N) is 3. The monoisotopic (exact) mass is 251 g/mol. The molecule has 0 saturated heterocycles. The Morgan fingerprint density at radius 2 is 1.61 bits per heavy atom. The molecule has 0 rings (SSSR count). The molecule has 0 bridgehead atoms. The summed E-state index contributed by atoms with van der Waals surface area (Å²) >= 11 is 0. The van der Waals surface area contributed by atoms with Crippen LogP contribution < -0.4 is 0 Å². The van der Waals surface area contributed by atoms with Crippen LogP contribution in [-0.2, 0) is 14.4 Å². The molecule has 0 fully saturated rings. The Bertz CT molecular complexity index is 347. The van der Waals surface area contributed by atoms with Gasteiger partial charge in [0.25, 0.3) is 0 Å². The van der Waals surface area contributed by atoms with Crippen molar-refractivity contribution in [1.29, 1.82) is 0 Å². The first-order valence-corrected chi connectivity index (χ1v) is 5.97. The summed E-state index contributed by atoms with van der Waals surface area (Å²) in [6.45, 7) is 2.25. The lowest BCUT2D eigenvalue weighted by Crippen LogP contribution is -2.19. The fourth-order valence-electron chi connectivity index (χ4n) is 1.67. The first kappa shape index (κ1) is 16.1. The van der Waals surface area contributed by atoms with Gasteiger partial charge in [0.1, 0.15) is 0 Å². The molecule has 1 atom stereocenters. The van der Waals surface area contributed by atoms with Crippen LogP contribution in [0.1, 0.15) is 39.0 Å². The van der Waals surface area contributed by atoms with Gasteiger partial charge in [0.05, 0.1) is 6.54 Å². The number of hydrogen-bond acceptors (Lipinski definition) is 6. The predicted octanol–water partition coefficient (Wildman–Crippen LogP) is 1.91. The van der Waals surface area contributed by atoms with E-state index in [1.54, 1.807) is 0 Å². The molecular weight excluding hydrogens is 234 g/mol. The molecule has 0 aliphatic heterocycles. The average Bonchev–Trinajstić information content (AvgIpc) is 2.38. The van der Waals surface area contributed by atoms with E-state index in [4.69, 9.17) is 0 Å². The highest BCUT2D eigenvalue weighted by molar-refractivity contribution is 5.37. The second-order valence-corrected chi connectivity index (χ2v) is 3.90. The van der Waals surface area contributed by atoms with E-state index in [1.807, 2.05) is 0 Å². The molecule has 0 heterocycles. The fraction of sp³-hybridized carbons (Fsp3) is 0.750. The van der Waals surface area contributed by atoms with Gasteiger partial charge in [-0.05, 0) is 6.42 Å². The van der Waals surface area contributed by atoms with Crippen molar-refractivity contribution in [1.82, 2.24) is 0 Å². The molecule has 98 valence electrons. The Morgan fingerprint density at radius 1 is 0.944 bits per heavy atom. The normalized spacial score (nSPS) is 12.5. The molecular formula is C12H17N3O3. The number of hydrogen-bond donors (Lipinski definition) is 0. The van der Waals surface area contributed by atoms with Crippen LogP contribution in [0, 0.1) is 5.92 Å². The van der Waals surface area contributed by atoms with Gasteiger partial charge in [0.15, 0.2) is 6.17 Å². The number of isocyanates is 3. The molecule has 0 spiro atoms. The van der Waals surface area contributed by atoms with Crippen LogP contribution in [0.5, 0.6) is 0 Å². The smallest absolute Gasteiger partial charge is 0.211 e. The van der Waals surface area contributed by atoms with Gasteiger partial charge in [-0.2, -0.15) is 9.98 Å². The maximum atomic E-state index is 10.3. The van der Waals surface area contributed by atoms with E-state index in [-0.39, 0.29) is 12.5 Å². The van der Waals surface area contributed by atoms with Crippen LogP contribution in [0.25, 0.3) is 0 Å². The van der Waals surface area contributed by atoms with E-state index < -0.39 is 6.17 Å². The van der Waals surface area contributed by atoms with Gasteiger partial charge in [-0.1, -0.05) is 32.6 Å². The average molecular weight is 251 g/mol. The third-order valence-corrected chi connectivity index (χ3v) is 2.61. The maximum Gasteiger partial charge on any atom is 0.237 e. The summed E-state index contributed by atoms with van der Waals surface area (Å²) in [6.07, 6.45) is 8.19. The fourth-order valence-corrected chi connectivity index (χ4v) is 1.67. The minimum Gasteiger partial charge on any atom is -0.211 e. The van der Waals surface area contributed by atoms with E-state index in [0.717, 1.165) is 25.7 Å². The Kier molecular flexibility index (Phi) is 10.4. The topological polar surface area (TPSA) is 88.3 Å². The zero-order chi connectivity index (χ0) is 13.6. The highest BCUT2D eigenvalue weighted by atomic mass is 16.1. The lowest BCUT2D eigenvalue weighted by molar-refractivity contribution is 0.391. The highest BCUT2D eigenvalue weighted by Crippen LogP contribution is 2.18. The summed E-state index contributed by atoms with van der Waals surface area (Å²) in [4.78, 5) is 41.0. The molecule has 1 unspecified atom stereocenters. The van der Waals surface area contributed by atoms with Gasteiger partial charge >= 0.3 is 0 Å². The second kappa shape index (κ2) is 11.6. The Hall–Kier alpha value is -1.86. The Balaban J connectivity index is 4.55. The molecule has 6 nitrogen and oxygen atoms in total. The number of carbonyl (C=O) groups excluding carboxylic acids is 3. The summed E-state index contributed by atoms with van der Waals surface area (Å²) < 4.78 is 0. The Morgan fingerprint density at radius 3 is 2.11 bits per heavy atom. The first-order chi connectivity index (χ1) is 8.79. The molecule has 6 heteroatoms. The van der Waals surface area contributed by atoms with Gasteiger partial charge in [-0.15, -0.1) is 0 Å².